The van der Waals surface area contributed by atoms with Crippen LogP contribution in [0.15, 0.2) is 24.3 Å². The molecule has 2 aliphatic rings. The van der Waals surface area contributed by atoms with Crippen molar-refractivity contribution in [3.8, 4) is 11.5 Å². The minimum atomic E-state index is 0.0262. The smallest absolute Gasteiger partial charge is 0.231 e. The minimum absolute atomic E-state index is 0.0262. The summed E-state index contributed by atoms with van der Waals surface area (Å²) in [6, 6.07) is 3.62. The highest BCUT2D eigenvalue weighted by molar-refractivity contribution is 6.13. The molecule has 0 radical (unpaired) electrons. The second-order valence-corrected chi connectivity index (χ2v) is 3.47. The van der Waals surface area contributed by atoms with Crippen LogP contribution in [0.1, 0.15) is 15.9 Å². The van der Waals surface area contributed by atoms with Crippen molar-refractivity contribution in [3.05, 3.63) is 35.4 Å². The molecule has 0 bridgehead atoms. The molecule has 1 aliphatic heterocycles. The maximum Gasteiger partial charge on any atom is 0.231 e. The van der Waals surface area contributed by atoms with E-state index in [-0.39, 0.29) is 12.6 Å². The van der Waals surface area contributed by atoms with Crippen molar-refractivity contribution >= 4 is 5.78 Å². The van der Waals surface area contributed by atoms with Crippen molar-refractivity contribution in [1.29, 1.82) is 0 Å². The maximum absolute atomic E-state index is 11.6. The van der Waals surface area contributed by atoms with Crippen molar-refractivity contribution in [2.24, 2.45) is 0 Å². The predicted molar refractivity (Wildman–Crippen MR) is 49.7 cm³/mol. The van der Waals surface area contributed by atoms with Crippen LogP contribution in [-0.2, 0) is 6.42 Å². The van der Waals surface area contributed by atoms with E-state index in [1.807, 2.05) is 6.07 Å². The fourth-order valence-corrected chi connectivity index (χ4v) is 1.84. The number of hydrogen-bond acceptors (Lipinski definition) is 3. The van der Waals surface area contributed by atoms with E-state index < -0.39 is 0 Å². The van der Waals surface area contributed by atoms with Crippen molar-refractivity contribution in [3.63, 3.8) is 0 Å². The average molecular weight is 188 g/mol. The van der Waals surface area contributed by atoms with Crippen LogP contribution in [0.2, 0.25) is 0 Å². The summed E-state index contributed by atoms with van der Waals surface area (Å²) < 4.78 is 10.4. The molecular weight excluding hydrogens is 180 g/mol. The first-order valence-corrected chi connectivity index (χ1v) is 4.41. The zero-order valence-corrected chi connectivity index (χ0v) is 7.50. The molecule has 3 heteroatoms. The van der Waals surface area contributed by atoms with Gasteiger partial charge in [0.25, 0.3) is 0 Å². The highest BCUT2D eigenvalue weighted by atomic mass is 16.7. The molecule has 70 valence electrons. The zero-order valence-electron chi connectivity index (χ0n) is 7.50. The molecule has 3 nitrogen and oxygen atoms in total. The van der Waals surface area contributed by atoms with Gasteiger partial charge in [0.15, 0.2) is 17.3 Å². The fraction of sp³-hybridized carbons (Fsp3) is 0.182. The molecule has 0 saturated heterocycles. The van der Waals surface area contributed by atoms with E-state index in [0.717, 1.165) is 11.3 Å². The van der Waals surface area contributed by atoms with Gasteiger partial charge in [-0.3, -0.25) is 4.79 Å². The molecule has 0 atom stereocenters. The lowest BCUT2D eigenvalue weighted by molar-refractivity contribution is 0.103. The third-order valence-corrected chi connectivity index (χ3v) is 2.57. The van der Waals surface area contributed by atoms with E-state index in [2.05, 4.69) is 6.58 Å². The quantitative estimate of drug-likeness (QED) is 0.581. The Morgan fingerprint density at radius 3 is 2.71 bits per heavy atom. The number of Topliss-reactive ketones (excluding diaryl/α,β-unsaturated/α-hetero) is 1. The molecule has 0 unspecified atom stereocenters. The summed E-state index contributed by atoms with van der Waals surface area (Å²) in [4.78, 5) is 11.6. The van der Waals surface area contributed by atoms with Crippen LogP contribution >= 0.6 is 0 Å². The summed E-state index contributed by atoms with van der Waals surface area (Å²) in [5.41, 5.74) is 2.34. The number of carbonyl (C=O) groups excluding carboxylic acids is 1. The van der Waals surface area contributed by atoms with Crippen molar-refractivity contribution in [2.75, 3.05) is 6.79 Å². The summed E-state index contributed by atoms with van der Waals surface area (Å²) in [5, 5.41) is 0. The lowest BCUT2D eigenvalue weighted by atomic mass is 10.1. The van der Waals surface area contributed by atoms with Crippen LogP contribution in [0, 0.1) is 0 Å². The van der Waals surface area contributed by atoms with E-state index in [1.165, 1.54) is 0 Å². The van der Waals surface area contributed by atoms with Gasteiger partial charge in [-0.2, -0.15) is 0 Å². The lowest BCUT2D eigenvalue weighted by Crippen LogP contribution is -1.94. The van der Waals surface area contributed by atoms with E-state index in [9.17, 15) is 4.79 Å². The predicted octanol–water partition coefficient (Wildman–Crippen LogP) is 1.71. The Morgan fingerprint density at radius 1 is 1.21 bits per heavy atom. The van der Waals surface area contributed by atoms with Crippen LogP contribution < -0.4 is 9.47 Å². The average Bonchev–Trinajstić information content (AvgIpc) is 2.70. The zero-order chi connectivity index (χ0) is 9.71. The molecule has 0 fully saturated rings. The molecule has 0 spiro atoms. The normalized spacial score (nSPS) is 17.4. The lowest BCUT2D eigenvalue weighted by Gasteiger charge is -1.99. The maximum atomic E-state index is 11.6. The number of ketones is 1. The third kappa shape index (κ3) is 0.839. The molecule has 0 N–H and O–H groups in total. The first kappa shape index (κ1) is 7.62. The monoisotopic (exact) mass is 188 g/mol. The Labute approximate surface area is 80.9 Å². The number of ether oxygens (including phenoxy) is 2. The van der Waals surface area contributed by atoms with Crippen LogP contribution in [0.4, 0.5) is 0 Å². The summed E-state index contributed by atoms with van der Waals surface area (Å²) in [7, 11) is 0. The van der Waals surface area contributed by atoms with E-state index in [4.69, 9.17) is 9.47 Å². The number of rotatable bonds is 0. The number of fused-ring (bicyclic) bond motifs is 2. The molecule has 1 aromatic rings. The third-order valence-electron chi connectivity index (χ3n) is 2.57. The van der Waals surface area contributed by atoms with Gasteiger partial charge < -0.3 is 9.47 Å². The highest BCUT2D eigenvalue weighted by Crippen LogP contribution is 2.38. The number of benzene rings is 1. The molecule has 3 rings (SSSR count). The van der Waals surface area contributed by atoms with E-state index in [1.54, 1.807) is 6.07 Å². The second-order valence-electron chi connectivity index (χ2n) is 3.47. The van der Waals surface area contributed by atoms with Gasteiger partial charge in [0, 0.05) is 12.0 Å². The Balaban J connectivity index is 2.22. The first-order chi connectivity index (χ1) is 6.75. The van der Waals surface area contributed by atoms with Crippen LogP contribution in [-0.4, -0.2) is 12.6 Å². The SMILES string of the molecule is C=C1Cc2cc3c(cc2C1=O)OCO3. The van der Waals surface area contributed by atoms with Gasteiger partial charge in [-0.25, -0.2) is 0 Å². The number of allylic oxidation sites excluding steroid dienone is 1. The Kier molecular flexibility index (Phi) is 1.29. The fourth-order valence-electron chi connectivity index (χ4n) is 1.84. The van der Waals surface area contributed by atoms with Gasteiger partial charge in [0.1, 0.15) is 0 Å². The molecule has 1 aromatic carbocycles. The van der Waals surface area contributed by atoms with E-state index >= 15 is 0 Å². The topological polar surface area (TPSA) is 35.5 Å². The Bertz CT molecular complexity index is 460. The molecule has 14 heavy (non-hydrogen) atoms. The van der Waals surface area contributed by atoms with E-state index in [0.29, 0.717) is 23.3 Å². The summed E-state index contributed by atoms with van der Waals surface area (Å²) in [6.07, 6.45) is 0.630. The molecule has 0 aromatic heterocycles. The van der Waals surface area contributed by atoms with Crippen molar-refractivity contribution in [1.82, 2.24) is 0 Å². The van der Waals surface area contributed by atoms with Gasteiger partial charge in [0.05, 0.1) is 0 Å². The Morgan fingerprint density at radius 2 is 1.93 bits per heavy atom. The number of hydrogen-bond donors (Lipinski definition) is 0. The molecular formula is C11H8O3. The van der Waals surface area contributed by atoms with Crippen molar-refractivity contribution < 1.29 is 14.3 Å². The molecule has 0 saturated carbocycles. The van der Waals surface area contributed by atoms with Gasteiger partial charge in [0.2, 0.25) is 6.79 Å². The molecule has 1 aliphatic carbocycles. The van der Waals surface area contributed by atoms with Crippen LogP contribution in [0.3, 0.4) is 0 Å². The first-order valence-electron chi connectivity index (χ1n) is 4.41. The molecule has 0 amide bonds. The van der Waals surface area contributed by atoms with Crippen LogP contribution in [0.5, 0.6) is 11.5 Å². The number of carbonyl (C=O) groups is 1. The second kappa shape index (κ2) is 2.38. The van der Waals surface area contributed by atoms with Crippen LogP contribution in [0.25, 0.3) is 0 Å². The summed E-state index contributed by atoms with van der Waals surface area (Å²) in [5.74, 6) is 1.41. The Hall–Kier alpha value is -1.77. The van der Waals surface area contributed by atoms with Gasteiger partial charge in [-0.15, -0.1) is 0 Å². The summed E-state index contributed by atoms with van der Waals surface area (Å²) >= 11 is 0. The van der Waals surface area contributed by atoms with Gasteiger partial charge in [-0.05, 0) is 23.3 Å². The van der Waals surface area contributed by atoms with Gasteiger partial charge >= 0.3 is 0 Å². The minimum Gasteiger partial charge on any atom is -0.454 e. The van der Waals surface area contributed by atoms with Gasteiger partial charge in [-0.1, -0.05) is 6.58 Å². The standard InChI is InChI=1S/C11H8O3/c1-6-2-7-3-9-10(14-5-13-9)4-8(7)11(6)12/h3-4H,1-2,5H2. The molecule has 1 heterocycles. The highest BCUT2D eigenvalue weighted by Gasteiger charge is 2.27. The largest absolute Gasteiger partial charge is 0.454 e. The summed E-state index contributed by atoms with van der Waals surface area (Å²) in [6.45, 7) is 3.97. The van der Waals surface area contributed by atoms with Crippen molar-refractivity contribution in [2.45, 2.75) is 6.42 Å².